The van der Waals surface area contributed by atoms with Crippen LogP contribution >= 0.6 is 0 Å². The Bertz CT molecular complexity index is 3440. The van der Waals surface area contributed by atoms with E-state index in [1.54, 1.807) is 0 Å². The molecule has 4 aromatic rings. The number of anilines is 4. The Morgan fingerprint density at radius 2 is 0.779 bits per heavy atom. The molecule has 4 heterocycles. The lowest BCUT2D eigenvalue weighted by Gasteiger charge is -2.39. The third-order valence-electron chi connectivity index (χ3n) is 17.7. The molecular formula is C63H91N15O26. The number of carbonyl (C=O) groups is 4. The SMILES string of the molecule is NC(COC(=O)NCCNc1c(NCCCN2CCN(CCCNC(=O)c3cc(O[C@H]4O[C@@H](CO)[C@@H](O)[C@@H](O)[C@H]4O)cc([N+](=O)[O-])c3)CC2)c(=O)c1=O)COC(=O)NCCNc1c(NCCCN2CCN(CCCNC(=O)c3cc(O[C@H]4O[C@@H](CO)[C@@H](O)[C@@H](O)[C@H]4O)cc([N+](=O)[O-])c3)CC2)c(=O)c1=O. The third-order valence-corrected chi connectivity index (χ3v) is 17.7. The molecule has 18 N–H and O–H groups in total. The number of carbonyl (C=O) groups excluding carboxylic acids is 4. The van der Waals surface area contributed by atoms with Crippen molar-refractivity contribution in [3.8, 4) is 11.5 Å². The summed E-state index contributed by atoms with van der Waals surface area (Å²) in [5, 5.41) is 125. The van der Waals surface area contributed by atoms with Crippen LogP contribution in [-0.4, -0.2) is 319 Å². The molecule has 0 unspecified atom stereocenters. The zero-order valence-corrected chi connectivity index (χ0v) is 56.8. The molecule has 4 aliphatic rings. The Morgan fingerprint density at radius 3 is 1.10 bits per heavy atom. The van der Waals surface area contributed by atoms with Crippen LogP contribution in [0.2, 0.25) is 0 Å². The molecule has 0 spiro atoms. The standard InChI is InChI=1S/C63H91N15O26/c64-37(33-99-62(93)71-11-9-67-46-44(50(83)52(46)85)65-5-1-13-73-17-21-75(22-18-73)15-3-7-69-58(91)35-25-38(77(95)96)29-40(27-35)101-60-56(89)54(87)48(81)42(31-79)103-60)34-100-63(94)72-12-10-68-47-45(51(84)53(47)86)66-6-2-14-74-19-23-76(24-20-74)16-4-8-70-59(92)36-26-39(78(97)98)30-41(28-36)102-61-57(90)55(88)49(82)43(32-80)104-61/h25-30,37,42-43,48-49,54-57,60-61,65-68,79-82,87-90H,1-24,31-34,64H2,(H,69,91)(H,70,92)(H,71,93)(H,72,94)/t42-,43-,48+,49+,54+,55+,56+,57+,60-,61-/m0/s1. The van der Waals surface area contributed by atoms with Crippen molar-refractivity contribution in [1.29, 1.82) is 0 Å². The van der Waals surface area contributed by atoms with Gasteiger partial charge in [-0.15, -0.1) is 0 Å². The molecule has 0 radical (unpaired) electrons. The van der Waals surface area contributed by atoms with Crippen LogP contribution in [-0.2, 0) is 18.9 Å². The number of nitro groups is 2. The summed E-state index contributed by atoms with van der Waals surface area (Å²) in [7, 11) is 0. The minimum atomic E-state index is -1.77. The summed E-state index contributed by atoms with van der Waals surface area (Å²) in [5.41, 5.74) is 2.52. The molecule has 41 heteroatoms. The van der Waals surface area contributed by atoms with Crippen molar-refractivity contribution in [3.05, 3.63) is 109 Å². The summed E-state index contributed by atoms with van der Waals surface area (Å²) in [6, 6.07) is 5.62. The van der Waals surface area contributed by atoms with Crippen LogP contribution in [0.1, 0.15) is 46.4 Å². The first-order valence-corrected chi connectivity index (χ1v) is 34.0. The van der Waals surface area contributed by atoms with Crippen molar-refractivity contribution in [2.75, 3.05) is 179 Å². The summed E-state index contributed by atoms with van der Waals surface area (Å²) in [6.45, 7) is 8.16. The Morgan fingerprint density at radius 1 is 0.462 bits per heavy atom. The van der Waals surface area contributed by atoms with Gasteiger partial charge in [0.15, 0.2) is 0 Å². The van der Waals surface area contributed by atoms with Crippen molar-refractivity contribution >= 4 is 58.1 Å². The highest BCUT2D eigenvalue weighted by molar-refractivity contribution is 5.96. The fourth-order valence-corrected chi connectivity index (χ4v) is 11.8. The monoisotopic (exact) mass is 1470 g/mol. The van der Waals surface area contributed by atoms with Gasteiger partial charge in [0.25, 0.3) is 44.9 Å². The maximum Gasteiger partial charge on any atom is 0.407 e. The highest BCUT2D eigenvalue weighted by Gasteiger charge is 2.46. The first-order chi connectivity index (χ1) is 49.8. The largest absolute Gasteiger partial charge is 0.462 e. The molecule has 0 aromatic heterocycles. The molecule has 10 atom stereocenters. The van der Waals surface area contributed by atoms with Crippen molar-refractivity contribution in [2.24, 2.45) is 5.73 Å². The van der Waals surface area contributed by atoms with Gasteiger partial charge in [0.1, 0.15) is 96.3 Å². The van der Waals surface area contributed by atoms with Gasteiger partial charge in [-0.3, -0.25) is 49.0 Å². The number of hydrogen-bond acceptors (Lipinski definition) is 35. The van der Waals surface area contributed by atoms with E-state index >= 15 is 0 Å². The molecule has 8 rings (SSSR count). The van der Waals surface area contributed by atoms with E-state index in [1.165, 1.54) is 12.1 Å². The van der Waals surface area contributed by atoms with Crippen LogP contribution in [0.3, 0.4) is 0 Å². The molecule has 4 aliphatic heterocycles. The number of nitrogens with zero attached hydrogens (tertiary/aromatic N) is 6. The molecule has 41 nitrogen and oxygen atoms in total. The number of benzene rings is 2. The number of nitrogens with two attached hydrogens (primary N) is 1. The van der Waals surface area contributed by atoms with E-state index in [0.717, 1.165) is 76.6 Å². The number of aliphatic hydroxyl groups is 8. The van der Waals surface area contributed by atoms with Gasteiger partial charge >= 0.3 is 12.2 Å². The molecule has 574 valence electrons. The molecule has 4 amide bonds. The van der Waals surface area contributed by atoms with Crippen LogP contribution in [0.25, 0.3) is 0 Å². The van der Waals surface area contributed by atoms with E-state index in [9.17, 15) is 99.4 Å². The summed E-state index contributed by atoms with van der Waals surface area (Å²) >= 11 is 0. The topological polar surface area (TPSA) is 575 Å². The van der Waals surface area contributed by atoms with E-state index < -0.39 is 148 Å². The number of rotatable bonds is 40. The first-order valence-electron chi connectivity index (χ1n) is 34.0. The van der Waals surface area contributed by atoms with E-state index in [1.807, 2.05) is 0 Å². The first kappa shape index (κ1) is 80.8. The van der Waals surface area contributed by atoms with E-state index in [2.05, 4.69) is 62.1 Å². The molecule has 4 saturated heterocycles. The average Bonchev–Trinajstić information content (AvgIpc) is 0.797. The van der Waals surface area contributed by atoms with Gasteiger partial charge < -0.3 is 137 Å². The van der Waals surface area contributed by atoms with Crippen LogP contribution in [0.4, 0.5) is 43.7 Å². The van der Waals surface area contributed by atoms with Gasteiger partial charge in [-0.2, -0.15) is 0 Å². The molecule has 4 aromatic carbocycles. The van der Waals surface area contributed by atoms with Crippen LogP contribution in [0.5, 0.6) is 11.5 Å². The molecule has 0 saturated carbocycles. The van der Waals surface area contributed by atoms with Crippen molar-refractivity contribution in [3.63, 3.8) is 0 Å². The van der Waals surface area contributed by atoms with Crippen LogP contribution in [0, 0.1) is 20.2 Å². The van der Waals surface area contributed by atoms with E-state index in [4.69, 9.17) is 34.2 Å². The minimum Gasteiger partial charge on any atom is -0.462 e. The second kappa shape index (κ2) is 39.3. The highest BCUT2D eigenvalue weighted by atomic mass is 16.7. The number of nitro benzene ring substituents is 2. The van der Waals surface area contributed by atoms with Gasteiger partial charge in [0, 0.05) is 128 Å². The van der Waals surface area contributed by atoms with Gasteiger partial charge in [-0.25, -0.2) is 9.59 Å². The highest BCUT2D eigenvalue weighted by Crippen LogP contribution is 2.31. The Labute approximate surface area is 593 Å². The molecule has 4 fully saturated rings. The number of alkyl carbamates (subject to hydrolysis) is 2. The summed E-state index contributed by atoms with van der Waals surface area (Å²) < 4.78 is 31.9. The number of non-ortho nitro benzene ring substituents is 2. The van der Waals surface area contributed by atoms with Crippen molar-refractivity contribution in [1.82, 2.24) is 40.9 Å². The van der Waals surface area contributed by atoms with Gasteiger partial charge in [-0.1, -0.05) is 0 Å². The quantitative estimate of drug-likeness (QED) is 0.00853. The Kier molecular flexibility index (Phi) is 30.5. The maximum atomic E-state index is 13.1. The van der Waals surface area contributed by atoms with Crippen LogP contribution < -0.4 is 79.5 Å². The maximum absolute atomic E-state index is 13.1. The van der Waals surface area contributed by atoms with E-state index in [0.29, 0.717) is 65.0 Å². The number of piperazine rings is 2. The Hall–Kier alpha value is -8.92. The number of aliphatic hydroxyl groups excluding tert-OH is 8. The second-order valence-corrected chi connectivity index (χ2v) is 25.2. The third kappa shape index (κ3) is 22.5. The zero-order chi connectivity index (χ0) is 75.1. The van der Waals surface area contributed by atoms with Crippen molar-refractivity contribution in [2.45, 2.75) is 93.1 Å². The Balaban J connectivity index is 0.604. The second-order valence-electron chi connectivity index (χ2n) is 25.2. The van der Waals surface area contributed by atoms with E-state index in [-0.39, 0.29) is 97.9 Å². The lowest BCUT2D eigenvalue weighted by molar-refractivity contribution is -0.385. The average molecular weight is 1470 g/mol. The molecule has 0 bridgehead atoms. The van der Waals surface area contributed by atoms with Gasteiger partial charge in [0.2, 0.25) is 12.6 Å². The zero-order valence-electron chi connectivity index (χ0n) is 56.8. The van der Waals surface area contributed by atoms with Crippen LogP contribution in [0.15, 0.2) is 55.6 Å². The minimum absolute atomic E-state index is 0.00649. The number of amides is 4. The van der Waals surface area contributed by atoms with Crippen molar-refractivity contribution < 1.29 is 98.3 Å². The van der Waals surface area contributed by atoms with Gasteiger partial charge in [0.05, 0.1) is 41.2 Å². The summed E-state index contributed by atoms with van der Waals surface area (Å²) in [5.74, 6) is -1.70. The predicted octanol–water partition coefficient (Wildman–Crippen LogP) is -6.16. The summed E-state index contributed by atoms with van der Waals surface area (Å²) in [6.07, 6.45) is -15.4. The predicted molar refractivity (Wildman–Crippen MR) is 367 cm³/mol. The van der Waals surface area contributed by atoms with Gasteiger partial charge in [-0.05, 0) is 64.0 Å². The molecule has 104 heavy (non-hydrogen) atoms. The number of hydrogen-bond donors (Lipinski definition) is 17. The fourth-order valence-electron chi connectivity index (χ4n) is 11.8. The lowest BCUT2D eigenvalue weighted by atomic mass is 9.99. The molecular weight excluding hydrogens is 1380 g/mol. The smallest absolute Gasteiger partial charge is 0.407 e. The molecule has 0 aliphatic carbocycles. The summed E-state index contributed by atoms with van der Waals surface area (Å²) in [4.78, 5) is 131. The lowest BCUT2D eigenvalue weighted by Crippen LogP contribution is -2.60. The fraction of sp³-hybridized carbons (Fsp3) is 0.619. The number of ether oxygens (including phenoxy) is 6. The number of nitrogens with one attached hydrogen (secondary N) is 8. The normalized spacial score (nSPS) is 22.7.